The average Bonchev–Trinajstić information content (AvgIpc) is 3.19. The summed E-state index contributed by atoms with van der Waals surface area (Å²) >= 11 is 0. The average molecular weight is 311 g/mol. The smallest absolute Gasteiger partial charge is 0.270 e. The Hall–Kier alpha value is -1.34. The van der Waals surface area contributed by atoms with Gasteiger partial charge in [-0.15, -0.1) is 0 Å². The number of H-pyrrole nitrogens is 1. The fourth-order valence-electron chi connectivity index (χ4n) is 3.07. The minimum atomic E-state index is -3.53. The van der Waals surface area contributed by atoms with Crippen molar-refractivity contribution in [1.29, 1.82) is 0 Å². The number of carbonyl (C=O) groups excluding carboxylic acids is 1. The highest BCUT2D eigenvalue weighted by atomic mass is 32.2. The zero-order valence-electron chi connectivity index (χ0n) is 12.0. The lowest BCUT2D eigenvalue weighted by atomic mass is 10.3. The summed E-state index contributed by atoms with van der Waals surface area (Å²) in [6.07, 6.45) is 7.35. The van der Waals surface area contributed by atoms with Crippen LogP contribution in [0.4, 0.5) is 0 Å². The second-order valence-corrected chi connectivity index (χ2v) is 7.57. The maximum Gasteiger partial charge on any atom is 0.270 e. The van der Waals surface area contributed by atoms with Crippen molar-refractivity contribution < 1.29 is 13.2 Å². The van der Waals surface area contributed by atoms with Crippen LogP contribution in [-0.4, -0.2) is 43.3 Å². The van der Waals surface area contributed by atoms with Crippen molar-refractivity contribution in [3.63, 3.8) is 0 Å². The monoisotopic (exact) mass is 311 g/mol. The van der Waals surface area contributed by atoms with Gasteiger partial charge < -0.3 is 9.88 Å². The van der Waals surface area contributed by atoms with Crippen LogP contribution in [0.25, 0.3) is 0 Å². The van der Waals surface area contributed by atoms with E-state index >= 15 is 0 Å². The summed E-state index contributed by atoms with van der Waals surface area (Å²) in [6, 6.07) is 1.47. The van der Waals surface area contributed by atoms with Crippen molar-refractivity contribution in [3.05, 3.63) is 18.0 Å². The van der Waals surface area contributed by atoms with Crippen molar-refractivity contribution in [2.24, 2.45) is 0 Å². The van der Waals surface area contributed by atoms with Gasteiger partial charge in [0.25, 0.3) is 5.91 Å². The Balaban J connectivity index is 1.72. The number of aromatic amines is 1. The van der Waals surface area contributed by atoms with Crippen molar-refractivity contribution >= 4 is 15.9 Å². The number of rotatable bonds is 4. The highest BCUT2D eigenvalue weighted by Crippen LogP contribution is 2.21. The molecular formula is C14H21N3O3S. The lowest BCUT2D eigenvalue weighted by Gasteiger charge is -2.13. The molecule has 0 atom stereocenters. The molecule has 2 heterocycles. The van der Waals surface area contributed by atoms with Gasteiger partial charge in [-0.2, -0.15) is 0 Å². The van der Waals surface area contributed by atoms with Gasteiger partial charge >= 0.3 is 0 Å². The molecule has 0 unspecified atom stereocenters. The SMILES string of the molecule is O=C(c1cc(S(=O)(=O)NC2CCCC2)c[nH]1)N1CCCC1. The number of likely N-dealkylation sites (tertiary alicyclic amines) is 1. The zero-order valence-corrected chi connectivity index (χ0v) is 12.8. The van der Waals surface area contributed by atoms with E-state index in [0.717, 1.165) is 51.6 Å². The predicted molar refractivity (Wildman–Crippen MR) is 78.5 cm³/mol. The van der Waals surface area contributed by atoms with Gasteiger partial charge in [0.1, 0.15) is 10.6 Å². The van der Waals surface area contributed by atoms with Gasteiger partial charge in [0.15, 0.2) is 0 Å². The van der Waals surface area contributed by atoms with E-state index in [4.69, 9.17) is 0 Å². The van der Waals surface area contributed by atoms with Gasteiger partial charge in [-0.3, -0.25) is 4.79 Å². The molecule has 0 aromatic carbocycles. The van der Waals surface area contributed by atoms with E-state index < -0.39 is 10.0 Å². The largest absolute Gasteiger partial charge is 0.356 e. The van der Waals surface area contributed by atoms with Crippen LogP contribution in [0.2, 0.25) is 0 Å². The number of aromatic nitrogens is 1. The third-order valence-electron chi connectivity index (χ3n) is 4.27. The summed E-state index contributed by atoms with van der Waals surface area (Å²) < 4.78 is 27.3. The number of hydrogen-bond acceptors (Lipinski definition) is 3. The summed E-state index contributed by atoms with van der Waals surface area (Å²) in [4.78, 5) is 16.9. The Morgan fingerprint density at radius 2 is 1.86 bits per heavy atom. The Morgan fingerprint density at radius 3 is 2.52 bits per heavy atom. The molecule has 116 valence electrons. The van der Waals surface area contributed by atoms with Gasteiger partial charge in [0, 0.05) is 25.3 Å². The normalized spacial score (nSPS) is 20.3. The summed E-state index contributed by atoms with van der Waals surface area (Å²) in [5, 5.41) is 0. The molecule has 2 N–H and O–H groups in total. The maximum absolute atomic E-state index is 12.3. The number of nitrogens with zero attached hydrogens (tertiary/aromatic N) is 1. The van der Waals surface area contributed by atoms with Gasteiger partial charge in [0.2, 0.25) is 10.0 Å². The van der Waals surface area contributed by atoms with Gasteiger partial charge in [-0.1, -0.05) is 12.8 Å². The summed E-state index contributed by atoms with van der Waals surface area (Å²) in [6.45, 7) is 1.50. The van der Waals surface area contributed by atoms with Crippen LogP contribution in [0.1, 0.15) is 49.0 Å². The van der Waals surface area contributed by atoms with Gasteiger partial charge in [-0.05, 0) is 31.7 Å². The highest BCUT2D eigenvalue weighted by molar-refractivity contribution is 7.89. The van der Waals surface area contributed by atoms with E-state index in [-0.39, 0.29) is 16.8 Å². The quantitative estimate of drug-likeness (QED) is 0.883. The molecule has 1 saturated carbocycles. The third kappa shape index (κ3) is 3.13. The first-order chi connectivity index (χ1) is 10.1. The number of amides is 1. The van der Waals surface area contributed by atoms with E-state index in [0.29, 0.717) is 5.69 Å². The molecule has 0 radical (unpaired) electrons. The molecule has 2 fully saturated rings. The molecule has 1 aliphatic carbocycles. The molecular weight excluding hydrogens is 290 g/mol. The lowest BCUT2D eigenvalue weighted by Crippen LogP contribution is -2.32. The molecule has 1 aromatic rings. The molecule has 0 bridgehead atoms. The summed E-state index contributed by atoms with van der Waals surface area (Å²) in [5.41, 5.74) is 0.351. The molecule has 6 nitrogen and oxygen atoms in total. The number of hydrogen-bond donors (Lipinski definition) is 2. The van der Waals surface area contributed by atoms with E-state index in [1.807, 2.05) is 0 Å². The van der Waals surface area contributed by atoms with Crippen LogP contribution in [0.3, 0.4) is 0 Å². The summed E-state index contributed by atoms with van der Waals surface area (Å²) in [7, 11) is -3.53. The molecule has 1 saturated heterocycles. The molecule has 2 aliphatic rings. The van der Waals surface area contributed by atoms with Gasteiger partial charge in [-0.25, -0.2) is 13.1 Å². The summed E-state index contributed by atoms with van der Waals surface area (Å²) in [5.74, 6) is -0.116. The van der Waals surface area contributed by atoms with Crippen molar-refractivity contribution in [1.82, 2.24) is 14.6 Å². The first kappa shape index (κ1) is 14.6. The van der Waals surface area contributed by atoms with Crippen LogP contribution < -0.4 is 4.72 Å². The Kier molecular flexibility index (Phi) is 4.03. The standard InChI is InChI=1S/C14H21N3O3S/c18-14(17-7-3-4-8-17)13-9-12(10-15-13)21(19,20)16-11-5-1-2-6-11/h9-11,15-16H,1-8H2. The van der Waals surface area contributed by atoms with Crippen molar-refractivity contribution in [2.45, 2.75) is 49.5 Å². The van der Waals surface area contributed by atoms with Crippen LogP contribution in [0, 0.1) is 0 Å². The predicted octanol–water partition coefficient (Wildman–Crippen LogP) is 1.47. The zero-order chi connectivity index (χ0) is 14.9. The first-order valence-corrected chi connectivity index (χ1v) is 9.04. The first-order valence-electron chi connectivity index (χ1n) is 7.56. The molecule has 21 heavy (non-hydrogen) atoms. The maximum atomic E-state index is 12.3. The van der Waals surface area contributed by atoms with E-state index in [1.165, 1.54) is 12.3 Å². The molecule has 1 amide bonds. The van der Waals surface area contributed by atoms with Crippen LogP contribution >= 0.6 is 0 Å². The lowest BCUT2D eigenvalue weighted by molar-refractivity contribution is 0.0787. The Morgan fingerprint density at radius 1 is 1.19 bits per heavy atom. The molecule has 7 heteroatoms. The van der Waals surface area contributed by atoms with E-state index in [1.54, 1.807) is 4.90 Å². The van der Waals surface area contributed by atoms with E-state index in [9.17, 15) is 13.2 Å². The van der Waals surface area contributed by atoms with Crippen molar-refractivity contribution in [2.75, 3.05) is 13.1 Å². The minimum Gasteiger partial charge on any atom is -0.356 e. The van der Waals surface area contributed by atoms with Crippen LogP contribution in [0.15, 0.2) is 17.2 Å². The molecule has 0 spiro atoms. The minimum absolute atomic E-state index is 0.0302. The van der Waals surface area contributed by atoms with Gasteiger partial charge in [0.05, 0.1) is 0 Å². The second kappa shape index (κ2) is 5.81. The molecule has 1 aromatic heterocycles. The Labute approximate surface area is 125 Å². The number of carbonyl (C=O) groups is 1. The second-order valence-electron chi connectivity index (χ2n) is 5.85. The third-order valence-corrected chi connectivity index (χ3v) is 5.77. The highest BCUT2D eigenvalue weighted by Gasteiger charge is 2.26. The fourth-order valence-corrected chi connectivity index (χ4v) is 4.37. The van der Waals surface area contributed by atoms with Crippen LogP contribution in [0.5, 0.6) is 0 Å². The van der Waals surface area contributed by atoms with Crippen LogP contribution in [-0.2, 0) is 10.0 Å². The van der Waals surface area contributed by atoms with Crippen molar-refractivity contribution in [3.8, 4) is 0 Å². The molecule has 1 aliphatic heterocycles. The number of sulfonamides is 1. The van der Waals surface area contributed by atoms with E-state index in [2.05, 4.69) is 9.71 Å². The number of nitrogens with one attached hydrogen (secondary N) is 2. The Bertz CT molecular complexity index is 611. The topological polar surface area (TPSA) is 82.3 Å². The fraction of sp³-hybridized carbons (Fsp3) is 0.643. The molecule has 3 rings (SSSR count).